The predicted molar refractivity (Wildman–Crippen MR) is 72.0 cm³/mol. The summed E-state index contributed by atoms with van der Waals surface area (Å²) in [5, 5.41) is 0. The number of alkyl halides is 6. The fourth-order valence-electron chi connectivity index (χ4n) is 1.91. The van der Waals surface area contributed by atoms with E-state index in [9.17, 15) is 31.1 Å². The Morgan fingerprint density at radius 1 is 0.833 bits per heavy atom. The highest BCUT2D eigenvalue weighted by molar-refractivity contribution is 5.89. The van der Waals surface area contributed by atoms with Gasteiger partial charge in [-0.1, -0.05) is 18.2 Å². The molecule has 0 atom stereocenters. The minimum Gasteiger partial charge on any atom is -0.457 e. The van der Waals surface area contributed by atoms with Gasteiger partial charge in [-0.25, -0.2) is 4.79 Å². The van der Waals surface area contributed by atoms with Gasteiger partial charge in [0.15, 0.2) is 0 Å². The van der Waals surface area contributed by atoms with E-state index in [4.69, 9.17) is 4.74 Å². The second kappa shape index (κ2) is 6.54. The average molecular weight is 348 g/mol. The van der Waals surface area contributed by atoms with Gasteiger partial charge in [-0.15, -0.1) is 0 Å². The molecule has 2 rings (SSSR count). The Morgan fingerprint density at radius 2 is 1.33 bits per heavy atom. The molecule has 0 unspecified atom stereocenters. The Labute approximate surface area is 132 Å². The summed E-state index contributed by atoms with van der Waals surface area (Å²) in [6, 6.07) is 8.61. The third-order valence-electron chi connectivity index (χ3n) is 3.03. The van der Waals surface area contributed by atoms with Crippen molar-refractivity contribution in [2.24, 2.45) is 0 Å². The molecule has 0 aliphatic carbocycles. The molecule has 0 bridgehead atoms. The van der Waals surface area contributed by atoms with Gasteiger partial charge in [0.25, 0.3) is 0 Å². The van der Waals surface area contributed by atoms with Crippen molar-refractivity contribution in [2.75, 3.05) is 0 Å². The Bertz CT molecular complexity index is 687. The number of ether oxygens (including phenoxy) is 1. The monoisotopic (exact) mass is 348 g/mol. The quantitative estimate of drug-likeness (QED) is 0.571. The molecule has 0 radical (unpaired) electrons. The molecule has 0 N–H and O–H groups in total. The molecule has 0 spiro atoms. The fraction of sp³-hybridized carbons (Fsp3) is 0.188. The van der Waals surface area contributed by atoms with E-state index in [1.807, 2.05) is 0 Å². The summed E-state index contributed by atoms with van der Waals surface area (Å²) in [5.74, 6) is -0.846. The smallest absolute Gasteiger partial charge is 0.416 e. The predicted octanol–water partition coefficient (Wildman–Crippen LogP) is 5.08. The Kier molecular flexibility index (Phi) is 4.86. The van der Waals surface area contributed by atoms with Crippen molar-refractivity contribution in [3.05, 3.63) is 70.8 Å². The van der Waals surface area contributed by atoms with Gasteiger partial charge in [-0.05, 0) is 35.9 Å². The van der Waals surface area contributed by atoms with E-state index in [1.54, 1.807) is 18.2 Å². The molecule has 0 saturated heterocycles. The molecule has 0 aromatic heterocycles. The summed E-state index contributed by atoms with van der Waals surface area (Å²) in [7, 11) is 0. The second-order valence-corrected chi connectivity index (χ2v) is 4.86. The topological polar surface area (TPSA) is 26.3 Å². The SMILES string of the molecule is O=C(OCc1cc(C(F)(F)F)cc(C(F)(F)F)c1)c1ccccc1. The number of rotatable bonds is 3. The largest absolute Gasteiger partial charge is 0.457 e. The van der Waals surface area contributed by atoms with Crippen LogP contribution < -0.4 is 0 Å². The van der Waals surface area contributed by atoms with E-state index in [1.165, 1.54) is 12.1 Å². The third kappa shape index (κ3) is 4.50. The number of carbonyl (C=O) groups excluding carboxylic acids is 1. The maximum Gasteiger partial charge on any atom is 0.416 e. The number of benzene rings is 2. The number of carbonyl (C=O) groups is 1. The summed E-state index contributed by atoms with van der Waals surface area (Å²) in [5.41, 5.74) is -3.17. The van der Waals surface area contributed by atoms with E-state index in [-0.39, 0.29) is 11.6 Å². The van der Waals surface area contributed by atoms with Crippen LogP contribution in [0, 0.1) is 0 Å². The number of hydrogen-bond acceptors (Lipinski definition) is 2. The van der Waals surface area contributed by atoms with Gasteiger partial charge < -0.3 is 4.74 Å². The molecule has 0 heterocycles. The fourth-order valence-corrected chi connectivity index (χ4v) is 1.91. The number of halogens is 6. The lowest BCUT2D eigenvalue weighted by molar-refractivity contribution is -0.143. The van der Waals surface area contributed by atoms with Crippen LogP contribution in [0.15, 0.2) is 48.5 Å². The van der Waals surface area contributed by atoms with Crippen molar-refractivity contribution in [1.82, 2.24) is 0 Å². The molecule has 2 nitrogen and oxygen atoms in total. The van der Waals surface area contributed by atoms with Crippen molar-refractivity contribution in [3.63, 3.8) is 0 Å². The standard InChI is InChI=1S/C16H10F6O2/c17-15(18,19)12-6-10(7-13(8-12)16(20,21)22)9-24-14(23)11-4-2-1-3-5-11/h1-8H,9H2. The van der Waals surface area contributed by atoms with E-state index >= 15 is 0 Å². The van der Waals surface area contributed by atoms with Crippen LogP contribution in [0.25, 0.3) is 0 Å². The van der Waals surface area contributed by atoms with Crippen LogP contribution in [-0.2, 0) is 23.7 Å². The van der Waals surface area contributed by atoms with Gasteiger partial charge in [0, 0.05) is 0 Å². The molecule has 8 heteroatoms. The van der Waals surface area contributed by atoms with Crippen LogP contribution in [0.5, 0.6) is 0 Å². The zero-order valence-electron chi connectivity index (χ0n) is 11.9. The van der Waals surface area contributed by atoms with Gasteiger partial charge in [0.05, 0.1) is 16.7 Å². The van der Waals surface area contributed by atoms with Crippen LogP contribution >= 0.6 is 0 Å². The lowest BCUT2D eigenvalue weighted by Gasteiger charge is -2.14. The van der Waals surface area contributed by atoms with Crippen molar-refractivity contribution in [3.8, 4) is 0 Å². The van der Waals surface area contributed by atoms with Crippen LogP contribution in [0.1, 0.15) is 27.0 Å². The summed E-state index contributed by atoms with van der Waals surface area (Å²) in [6.07, 6.45) is -9.89. The lowest BCUT2D eigenvalue weighted by Crippen LogP contribution is -2.13. The van der Waals surface area contributed by atoms with Crippen molar-refractivity contribution in [1.29, 1.82) is 0 Å². The number of hydrogen-bond donors (Lipinski definition) is 0. The van der Waals surface area contributed by atoms with Gasteiger partial charge in [-0.3, -0.25) is 0 Å². The maximum absolute atomic E-state index is 12.7. The van der Waals surface area contributed by atoms with E-state index < -0.39 is 41.6 Å². The normalized spacial score (nSPS) is 12.1. The molecular formula is C16H10F6O2. The number of esters is 1. The van der Waals surface area contributed by atoms with E-state index in [2.05, 4.69) is 0 Å². The minimum absolute atomic E-state index is 0.0164. The van der Waals surface area contributed by atoms with Crippen molar-refractivity contribution in [2.45, 2.75) is 19.0 Å². The highest BCUT2D eigenvalue weighted by atomic mass is 19.4. The zero-order valence-corrected chi connectivity index (χ0v) is 11.9. The second-order valence-electron chi connectivity index (χ2n) is 4.86. The molecule has 2 aromatic rings. The molecular weight excluding hydrogens is 338 g/mol. The third-order valence-corrected chi connectivity index (χ3v) is 3.03. The van der Waals surface area contributed by atoms with E-state index in [0.717, 1.165) is 0 Å². The van der Waals surface area contributed by atoms with Crippen molar-refractivity contribution < 1.29 is 35.9 Å². The Morgan fingerprint density at radius 3 is 1.79 bits per heavy atom. The van der Waals surface area contributed by atoms with Crippen LogP contribution in [-0.4, -0.2) is 5.97 Å². The molecule has 2 aromatic carbocycles. The van der Waals surface area contributed by atoms with Crippen LogP contribution in [0.3, 0.4) is 0 Å². The molecule has 128 valence electrons. The van der Waals surface area contributed by atoms with E-state index in [0.29, 0.717) is 12.1 Å². The summed E-state index contributed by atoms with van der Waals surface area (Å²) < 4.78 is 81.1. The first-order valence-corrected chi connectivity index (χ1v) is 6.58. The zero-order chi connectivity index (χ0) is 18.0. The molecule has 0 aliphatic heterocycles. The first-order valence-electron chi connectivity index (χ1n) is 6.58. The molecule has 0 saturated carbocycles. The van der Waals surface area contributed by atoms with Gasteiger partial charge in [0.2, 0.25) is 0 Å². The first-order chi connectivity index (χ1) is 11.1. The molecule has 0 fully saturated rings. The summed E-state index contributed by atoms with van der Waals surface area (Å²) in [4.78, 5) is 11.7. The molecule has 24 heavy (non-hydrogen) atoms. The highest BCUT2D eigenvalue weighted by Gasteiger charge is 2.36. The maximum atomic E-state index is 12.7. The minimum atomic E-state index is -4.94. The lowest BCUT2D eigenvalue weighted by atomic mass is 10.1. The summed E-state index contributed by atoms with van der Waals surface area (Å²) in [6.45, 7) is -0.708. The van der Waals surface area contributed by atoms with Gasteiger partial charge in [-0.2, -0.15) is 26.3 Å². The van der Waals surface area contributed by atoms with Gasteiger partial charge in [0.1, 0.15) is 6.61 Å². The van der Waals surface area contributed by atoms with Crippen LogP contribution in [0.4, 0.5) is 26.3 Å². The Hall–Kier alpha value is -2.51. The van der Waals surface area contributed by atoms with Crippen LogP contribution in [0.2, 0.25) is 0 Å². The molecule has 0 amide bonds. The first kappa shape index (κ1) is 17.8. The Balaban J connectivity index is 2.25. The van der Waals surface area contributed by atoms with Gasteiger partial charge >= 0.3 is 18.3 Å². The van der Waals surface area contributed by atoms with Crippen molar-refractivity contribution >= 4 is 5.97 Å². The highest BCUT2D eigenvalue weighted by Crippen LogP contribution is 2.36. The summed E-state index contributed by atoms with van der Waals surface area (Å²) >= 11 is 0. The average Bonchev–Trinajstić information content (AvgIpc) is 2.51. The molecule has 0 aliphatic rings.